The molecule has 0 bridgehead atoms. The Hall–Kier alpha value is -1.27. The highest BCUT2D eigenvalue weighted by molar-refractivity contribution is 6.99. The summed E-state index contributed by atoms with van der Waals surface area (Å²) in [6, 6.07) is 0.234. The van der Waals surface area contributed by atoms with Gasteiger partial charge in [0.05, 0.1) is 35.9 Å². The fourth-order valence-electron chi connectivity index (χ4n) is 1.74. The van der Waals surface area contributed by atoms with Crippen LogP contribution in [0.1, 0.15) is 30.6 Å². The zero-order valence-electron chi connectivity index (χ0n) is 10.1. The van der Waals surface area contributed by atoms with Crippen LogP contribution in [0.2, 0.25) is 0 Å². The minimum atomic E-state index is 0.234. The van der Waals surface area contributed by atoms with Gasteiger partial charge in [-0.05, 0) is 24.9 Å². The van der Waals surface area contributed by atoms with E-state index in [4.69, 9.17) is 0 Å². The lowest BCUT2D eigenvalue weighted by Gasteiger charge is -2.14. The van der Waals surface area contributed by atoms with Gasteiger partial charge < -0.3 is 5.32 Å². The number of aromatic nitrogens is 4. The molecule has 0 aromatic carbocycles. The van der Waals surface area contributed by atoms with E-state index in [0.29, 0.717) is 0 Å². The maximum absolute atomic E-state index is 4.31. The minimum Gasteiger partial charge on any atom is -0.308 e. The predicted octanol–water partition coefficient (Wildman–Crippen LogP) is 1.55. The van der Waals surface area contributed by atoms with Gasteiger partial charge in [0.25, 0.3) is 0 Å². The zero-order valence-corrected chi connectivity index (χ0v) is 10.9. The van der Waals surface area contributed by atoms with Gasteiger partial charge in [-0.1, -0.05) is 6.92 Å². The predicted molar refractivity (Wildman–Crippen MR) is 67.9 cm³/mol. The molecule has 0 aliphatic rings. The van der Waals surface area contributed by atoms with Crippen molar-refractivity contribution in [3.8, 4) is 0 Å². The molecule has 1 N–H and O–H groups in total. The van der Waals surface area contributed by atoms with Gasteiger partial charge in [-0.2, -0.15) is 13.8 Å². The molecule has 0 aliphatic carbocycles. The Morgan fingerprint density at radius 1 is 1.47 bits per heavy atom. The third-order valence-electron chi connectivity index (χ3n) is 2.57. The van der Waals surface area contributed by atoms with E-state index >= 15 is 0 Å². The van der Waals surface area contributed by atoms with Gasteiger partial charge in [0, 0.05) is 13.2 Å². The first-order valence-electron chi connectivity index (χ1n) is 5.78. The highest BCUT2D eigenvalue weighted by Crippen LogP contribution is 2.16. The van der Waals surface area contributed by atoms with E-state index in [1.807, 2.05) is 30.3 Å². The van der Waals surface area contributed by atoms with Crippen molar-refractivity contribution in [2.45, 2.75) is 25.8 Å². The Morgan fingerprint density at radius 3 is 2.94 bits per heavy atom. The van der Waals surface area contributed by atoms with Crippen molar-refractivity contribution in [3.05, 3.63) is 29.8 Å². The second-order valence-electron chi connectivity index (χ2n) is 4.07. The Kier molecular flexibility index (Phi) is 4.22. The summed E-state index contributed by atoms with van der Waals surface area (Å²) in [6.07, 6.45) is 7.80. The fourth-order valence-corrected chi connectivity index (χ4v) is 2.21. The molecular weight excluding hydrogens is 234 g/mol. The Bertz CT molecular complexity index is 436. The number of aryl methyl sites for hydroxylation is 1. The largest absolute Gasteiger partial charge is 0.308 e. The topological polar surface area (TPSA) is 55.6 Å². The van der Waals surface area contributed by atoms with Gasteiger partial charge in [-0.3, -0.25) is 4.68 Å². The lowest BCUT2D eigenvalue weighted by atomic mass is 10.1. The van der Waals surface area contributed by atoms with E-state index in [-0.39, 0.29) is 6.04 Å². The van der Waals surface area contributed by atoms with Crippen molar-refractivity contribution in [1.29, 1.82) is 0 Å². The van der Waals surface area contributed by atoms with E-state index in [2.05, 4.69) is 26.1 Å². The minimum absolute atomic E-state index is 0.234. The lowest BCUT2D eigenvalue weighted by Crippen LogP contribution is -2.24. The normalized spacial score (nSPS) is 12.8. The van der Waals surface area contributed by atoms with Crippen molar-refractivity contribution in [1.82, 2.24) is 23.8 Å². The molecular formula is C11H17N5S. The molecule has 0 fully saturated rings. The zero-order chi connectivity index (χ0) is 12.1. The van der Waals surface area contributed by atoms with Gasteiger partial charge in [0.15, 0.2) is 0 Å². The molecule has 2 heterocycles. The van der Waals surface area contributed by atoms with Crippen LogP contribution in [0.25, 0.3) is 0 Å². The molecule has 2 rings (SSSR count). The van der Waals surface area contributed by atoms with Gasteiger partial charge in [0.2, 0.25) is 0 Å². The number of nitrogens with one attached hydrogen (secondary N) is 1. The van der Waals surface area contributed by atoms with Crippen LogP contribution in [0.15, 0.2) is 18.6 Å². The molecule has 17 heavy (non-hydrogen) atoms. The van der Waals surface area contributed by atoms with Crippen LogP contribution in [0, 0.1) is 0 Å². The summed E-state index contributed by atoms with van der Waals surface area (Å²) >= 11 is 1.26. The van der Waals surface area contributed by atoms with Gasteiger partial charge in [-0.25, -0.2) is 0 Å². The Labute approximate surface area is 105 Å². The second-order valence-corrected chi connectivity index (χ2v) is 4.62. The van der Waals surface area contributed by atoms with Gasteiger partial charge in [-0.15, -0.1) is 0 Å². The van der Waals surface area contributed by atoms with E-state index in [1.54, 1.807) is 0 Å². The fraction of sp³-hybridized carbons (Fsp3) is 0.545. The third-order valence-corrected chi connectivity index (χ3v) is 3.07. The molecule has 0 saturated heterocycles. The van der Waals surface area contributed by atoms with Crippen molar-refractivity contribution in [3.63, 3.8) is 0 Å². The Morgan fingerprint density at radius 2 is 2.35 bits per heavy atom. The summed E-state index contributed by atoms with van der Waals surface area (Å²) in [7, 11) is 1.93. The van der Waals surface area contributed by atoms with Crippen LogP contribution in [0.3, 0.4) is 0 Å². The van der Waals surface area contributed by atoms with Crippen LogP contribution < -0.4 is 5.32 Å². The number of hydrogen-bond acceptors (Lipinski definition) is 5. The van der Waals surface area contributed by atoms with E-state index in [0.717, 1.165) is 25.1 Å². The van der Waals surface area contributed by atoms with E-state index in [1.165, 1.54) is 17.3 Å². The summed E-state index contributed by atoms with van der Waals surface area (Å²) in [5.41, 5.74) is 2.24. The summed E-state index contributed by atoms with van der Waals surface area (Å²) in [5.74, 6) is 0. The number of hydrogen-bond donors (Lipinski definition) is 1. The molecule has 6 heteroatoms. The van der Waals surface area contributed by atoms with Gasteiger partial charge >= 0.3 is 0 Å². The van der Waals surface area contributed by atoms with Crippen LogP contribution >= 0.6 is 11.7 Å². The average Bonchev–Trinajstić information content (AvgIpc) is 2.95. The molecule has 0 aliphatic heterocycles. The van der Waals surface area contributed by atoms with Crippen molar-refractivity contribution >= 4 is 11.7 Å². The van der Waals surface area contributed by atoms with E-state index < -0.39 is 0 Å². The monoisotopic (exact) mass is 251 g/mol. The summed E-state index contributed by atoms with van der Waals surface area (Å²) in [4.78, 5) is 0. The van der Waals surface area contributed by atoms with Crippen LogP contribution in [0.4, 0.5) is 0 Å². The molecule has 2 aromatic heterocycles. The smallest absolute Gasteiger partial charge is 0.0915 e. The number of nitrogens with zero attached hydrogens (tertiary/aromatic N) is 4. The quantitative estimate of drug-likeness (QED) is 0.846. The first kappa shape index (κ1) is 12.2. The first-order chi connectivity index (χ1) is 8.29. The standard InChI is InChI=1S/C11H17N5S/c1-3-4-12-10(11-7-14-17-15-11)5-9-6-13-16(2)8-9/h6-8,10,12H,3-5H2,1-2H3. The first-order valence-corrected chi connectivity index (χ1v) is 6.51. The SMILES string of the molecule is CCCNC(Cc1cnn(C)c1)c1cnsn1. The number of rotatable bonds is 6. The molecule has 0 radical (unpaired) electrons. The van der Waals surface area contributed by atoms with Crippen LogP contribution in [0.5, 0.6) is 0 Å². The summed E-state index contributed by atoms with van der Waals surface area (Å²) in [6.45, 7) is 3.15. The molecule has 0 saturated carbocycles. The second kappa shape index (κ2) is 5.88. The maximum atomic E-state index is 4.31. The Balaban J connectivity index is 2.05. The average molecular weight is 251 g/mol. The molecule has 92 valence electrons. The molecule has 0 amide bonds. The van der Waals surface area contributed by atoms with Crippen LogP contribution in [-0.4, -0.2) is 25.1 Å². The van der Waals surface area contributed by atoms with Crippen molar-refractivity contribution in [2.75, 3.05) is 6.54 Å². The van der Waals surface area contributed by atoms with Gasteiger partial charge in [0.1, 0.15) is 0 Å². The molecule has 1 atom stereocenters. The maximum Gasteiger partial charge on any atom is 0.0915 e. The highest BCUT2D eigenvalue weighted by atomic mass is 32.1. The van der Waals surface area contributed by atoms with E-state index in [9.17, 15) is 0 Å². The lowest BCUT2D eigenvalue weighted by molar-refractivity contribution is 0.521. The summed E-state index contributed by atoms with van der Waals surface area (Å²) in [5, 5.41) is 7.68. The molecule has 1 unspecified atom stereocenters. The van der Waals surface area contributed by atoms with Crippen molar-refractivity contribution < 1.29 is 0 Å². The highest BCUT2D eigenvalue weighted by Gasteiger charge is 2.14. The molecule has 0 spiro atoms. The third kappa shape index (κ3) is 3.34. The molecule has 5 nitrogen and oxygen atoms in total. The summed E-state index contributed by atoms with van der Waals surface area (Å²) < 4.78 is 10.2. The van der Waals surface area contributed by atoms with Crippen LogP contribution in [-0.2, 0) is 13.5 Å². The van der Waals surface area contributed by atoms with Crippen molar-refractivity contribution in [2.24, 2.45) is 7.05 Å². The molecule has 2 aromatic rings.